The third-order valence-electron chi connectivity index (χ3n) is 11.6. The van der Waals surface area contributed by atoms with Crippen molar-refractivity contribution in [2.45, 2.75) is 44.4 Å². The largest absolute Gasteiger partial charge is 0.208 e. The standard InChI is InChI=1S/C42H34N4/c1-41-26-42(23-31(41)19-20-32(41)24-42)30-17-15-27(16-18-30)33-13-8-14-34-35(33)21-22-36(37(34)25-43)40-45-38(28-9-4-2-5-10-28)44-39(46-40)29-11-6-3-7-12-29/h2-18,21-22,31-32H,19-20,23-24,26H2,1H3/t31-,32+,41-,42?. The monoisotopic (exact) mass is 594 g/mol. The highest BCUT2D eigenvalue weighted by atomic mass is 15.0. The molecule has 3 saturated carbocycles. The van der Waals surface area contributed by atoms with Crippen molar-refractivity contribution in [2.24, 2.45) is 17.3 Å². The van der Waals surface area contributed by atoms with Crippen molar-refractivity contribution >= 4 is 10.8 Å². The average molecular weight is 595 g/mol. The van der Waals surface area contributed by atoms with Crippen LogP contribution < -0.4 is 0 Å². The van der Waals surface area contributed by atoms with E-state index in [-0.39, 0.29) is 0 Å². The zero-order valence-corrected chi connectivity index (χ0v) is 25.9. The van der Waals surface area contributed by atoms with Crippen LogP contribution in [0.4, 0.5) is 0 Å². The van der Waals surface area contributed by atoms with Crippen molar-refractivity contribution in [2.75, 3.05) is 0 Å². The molecule has 0 N–H and O–H groups in total. The molecule has 5 aromatic carbocycles. The summed E-state index contributed by atoms with van der Waals surface area (Å²) in [7, 11) is 0. The predicted octanol–water partition coefficient (Wildman–Crippen LogP) is 10.0. The Morgan fingerprint density at radius 2 is 1.20 bits per heavy atom. The quantitative estimate of drug-likeness (QED) is 0.199. The van der Waals surface area contributed by atoms with E-state index < -0.39 is 0 Å². The first-order chi connectivity index (χ1) is 22.5. The average Bonchev–Trinajstić information content (AvgIpc) is 3.62. The number of hydrogen-bond donors (Lipinski definition) is 0. The summed E-state index contributed by atoms with van der Waals surface area (Å²) in [6.45, 7) is 2.57. The van der Waals surface area contributed by atoms with Crippen LogP contribution in [0.2, 0.25) is 0 Å². The summed E-state index contributed by atoms with van der Waals surface area (Å²) in [6, 6.07) is 42.2. The molecule has 0 aliphatic heterocycles. The molecule has 4 atom stereocenters. The maximum absolute atomic E-state index is 10.6. The molecule has 1 aromatic heterocycles. The van der Waals surface area contributed by atoms with Gasteiger partial charge >= 0.3 is 0 Å². The fourth-order valence-corrected chi connectivity index (χ4v) is 9.44. The number of rotatable bonds is 5. The van der Waals surface area contributed by atoms with Crippen LogP contribution >= 0.6 is 0 Å². The summed E-state index contributed by atoms with van der Waals surface area (Å²) >= 11 is 0. The van der Waals surface area contributed by atoms with Gasteiger partial charge in [0.25, 0.3) is 0 Å². The van der Waals surface area contributed by atoms with Gasteiger partial charge in [-0.1, -0.05) is 116 Å². The summed E-state index contributed by atoms with van der Waals surface area (Å²) in [5.74, 6) is 3.47. The lowest BCUT2D eigenvalue weighted by Gasteiger charge is -2.33. The minimum Gasteiger partial charge on any atom is -0.208 e. The van der Waals surface area contributed by atoms with Crippen LogP contribution in [0.15, 0.2) is 115 Å². The minimum atomic E-state index is 0.364. The Balaban J connectivity index is 1.13. The van der Waals surface area contributed by atoms with Crippen LogP contribution in [0, 0.1) is 28.6 Å². The fourth-order valence-electron chi connectivity index (χ4n) is 9.44. The second-order valence-electron chi connectivity index (χ2n) is 14.0. The first-order valence-corrected chi connectivity index (χ1v) is 16.5. The normalized spacial score (nSPS) is 24.3. The van der Waals surface area contributed by atoms with Gasteiger partial charge in [-0.2, -0.15) is 5.26 Å². The highest BCUT2D eigenvalue weighted by Gasteiger charge is 2.65. The van der Waals surface area contributed by atoms with Gasteiger partial charge < -0.3 is 0 Å². The number of hydrogen-bond acceptors (Lipinski definition) is 4. The van der Waals surface area contributed by atoms with Gasteiger partial charge in [0, 0.05) is 22.1 Å². The van der Waals surface area contributed by atoms with Crippen LogP contribution in [-0.4, -0.2) is 15.0 Å². The summed E-state index contributed by atoms with van der Waals surface area (Å²) in [5, 5.41) is 12.5. The highest BCUT2D eigenvalue weighted by Crippen LogP contribution is 2.72. The lowest BCUT2D eigenvalue weighted by Crippen LogP contribution is -2.26. The maximum Gasteiger partial charge on any atom is 0.165 e. The first-order valence-electron chi connectivity index (χ1n) is 16.5. The molecular formula is C42H34N4. The second-order valence-corrected chi connectivity index (χ2v) is 14.0. The molecule has 0 saturated heterocycles. The van der Waals surface area contributed by atoms with Crippen molar-refractivity contribution in [1.82, 2.24) is 15.0 Å². The van der Waals surface area contributed by atoms with Gasteiger partial charge in [-0.25, -0.2) is 15.0 Å². The zero-order chi connectivity index (χ0) is 30.9. The molecule has 4 nitrogen and oxygen atoms in total. The molecule has 3 aliphatic rings. The number of nitriles is 1. The number of aromatic nitrogens is 3. The molecule has 3 aliphatic carbocycles. The van der Waals surface area contributed by atoms with E-state index in [0.29, 0.717) is 39.4 Å². The summed E-state index contributed by atoms with van der Waals surface area (Å²) in [6.07, 6.45) is 6.91. The molecule has 222 valence electrons. The van der Waals surface area contributed by atoms with Gasteiger partial charge in [-0.3, -0.25) is 0 Å². The third-order valence-corrected chi connectivity index (χ3v) is 11.6. The van der Waals surface area contributed by atoms with Crippen LogP contribution in [0.25, 0.3) is 56.1 Å². The fraction of sp³-hybridized carbons (Fsp3) is 0.238. The molecule has 9 rings (SSSR count). The molecule has 46 heavy (non-hydrogen) atoms. The van der Waals surface area contributed by atoms with Gasteiger partial charge in [0.15, 0.2) is 17.5 Å². The van der Waals surface area contributed by atoms with Crippen molar-refractivity contribution in [3.8, 4) is 51.4 Å². The molecular weight excluding hydrogens is 560 g/mol. The Kier molecular flexibility index (Phi) is 6.02. The molecule has 0 spiro atoms. The van der Waals surface area contributed by atoms with E-state index in [4.69, 9.17) is 15.0 Å². The van der Waals surface area contributed by atoms with E-state index in [1.807, 2.05) is 72.8 Å². The van der Waals surface area contributed by atoms with Gasteiger partial charge in [0.1, 0.15) is 6.07 Å². The van der Waals surface area contributed by atoms with Crippen molar-refractivity contribution in [3.05, 3.63) is 126 Å². The van der Waals surface area contributed by atoms with Gasteiger partial charge in [0.2, 0.25) is 0 Å². The molecule has 1 unspecified atom stereocenters. The Morgan fingerprint density at radius 1 is 0.587 bits per heavy atom. The summed E-state index contributed by atoms with van der Waals surface area (Å²) in [5.41, 5.74) is 7.85. The van der Waals surface area contributed by atoms with Crippen molar-refractivity contribution < 1.29 is 0 Å². The zero-order valence-electron chi connectivity index (χ0n) is 25.9. The Morgan fingerprint density at radius 3 is 1.78 bits per heavy atom. The molecule has 6 aromatic rings. The van der Waals surface area contributed by atoms with Crippen LogP contribution in [0.5, 0.6) is 0 Å². The third kappa shape index (κ3) is 4.08. The van der Waals surface area contributed by atoms with E-state index in [1.54, 1.807) is 0 Å². The van der Waals surface area contributed by atoms with E-state index in [0.717, 1.165) is 39.3 Å². The van der Waals surface area contributed by atoms with E-state index in [2.05, 4.69) is 55.5 Å². The molecule has 0 amide bonds. The first kappa shape index (κ1) is 27.2. The molecule has 3 fully saturated rings. The summed E-state index contributed by atoms with van der Waals surface area (Å²) < 4.78 is 0. The molecule has 2 bridgehead atoms. The van der Waals surface area contributed by atoms with Gasteiger partial charge in [-0.05, 0) is 82.9 Å². The minimum absolute atomic E-state index is 0.364. The van der Waals surface area contributed by atoms with Gasteiger partial charge in [0.05, 0.1) is 5.56 Å². The van der Waals surface area contributed by atoms with Crippen LogP contribution in [0.3, 0.4) is 0 Å². The second kappa shape index (κ2) is 10.2. The predicted molar refractivity (Wildman–Crippen MR) is 184 cm³/mol. The lowest BCUT2D eigenvalue weighted by molar-refractivity contribution is 0.195. The Hall–Kier alpha value is -5.14. The Bertz CT molecular complexity index is 2090. The number of nitrogens with zero attached hydrogens (tertiary/aromatic N) is 4. The Labute approximate surface area is 269 Å². The number of benzene rings is 5. The highest BCUT2D eigenvalue weighted by molar-refractivity contribution is 6.02. The molecule has 4 heteroatoms. The van der Waals surface area contributed by atoms with Crippen LogP contribution in [0.1, 0.15) is 50.2 Å². The number of fused-ring (bicyclic) bond motifs is 2. The molecule has 0 radical (unpaired) electrons. The van der Waals surface area contributed by atoms with E-state index in [9.17, 15) is 5.26 Å². The van der Waals surface area contributed by atoms with Crippen molar-refractivity contribution in [3.63, 3.8) is 0 Å². The molecule has 1 heterocycles. The van der Waals surface area contributed by atoms with E-state index in [1.165, 1.54) is 43.2 Å². The summed E-state index contributed by atoms with van der Waals surface area (Å²) in [4.78, 5) is 14.6. The maximum atomic E-state index is 10.6. The van der Waals surface area contributed by atoms with Crippen LogP contribution in [-0.2, 0) is 5.41 Å². The topological polar surface area (TPSA) is 62.5 Å². The smallest absolute Gasteiger partial charge is 0.165 e. The van der Waals surface area contributed by atoms with Gasteiger partial charge in [-0.15, -0.1) is 0 Å². The lowest BCUT2D eigenvalue weighted by atomic mass is 9.72. The van der Waals surface area contributed by atoms with E-state index >= 15 is 0 Å². The SMILES string of the molecule is C[C@@]12CC3(c4ccc(-c5cccc6c(C#N)c(-c7nc(-c8ccccc8)nc(-c8ccccc8)n7)ccc56)cc4)C[C@H]1CC[C@H]2C3. The van der Waals surface area contributed by atoms with Crippen molar-refractivity contribution in [1.29, 1.82) is 5.26 Å².